The van der Waals surface area contributed by atoms with E-state index in [4.69, 9.17) is 14.2 Å². The Labute approximate surface area is 368 Å². The van der Waals surface area contributed by atoms with E-state index >= 15 is 0 Å². The second-order valence-corrected chi connectivity index (χ2v) is 18.2. The summed E-state index contributed by atoms with van der Waals surface area (Å²) in [5, 5.41) is 0. The van der Waals surface area contributed by atoms with Crippen LogP contribution < -0.4 is 0 Å². The van der Waals surface area contributed by atoms with E-state index < -0.39 is 6.10 Å². The fourth-order valence-corrected chi connectivity index (χ4v) is 8.09. The van der Waals surface area contributed by atoms with Gasteiger partial charge in [-0.1, -0.05) is 265 Å². The molecule has 0 unspecified atom stereocenters. The number of unbranched alkanes of at least 4 members (excludes halogenated alkanes) is 38. The van der Waals surface area contributed by atoms with Crippen molar-refractivity contribution in [3.8, 4) is 0 Å². The first-order valence-electron chi connectivity index (χ1n) is 26.5. The van der Waals surface area contributed by atoms with Gasteiger partial charge in [0, 0.05) is 19.3 Å². The lowest BCUT2D eigenvalue weighted by atomic mass is 10.0. The first-order valence-corrected chi connectivity index (χ1v) is 26.5. The van der Waals surface area contributed by atoms with Crippen LogP contribution in [0.3, 0.4) is 0 Å². The summed E-state index contributed by atoms with van der Waals surface area (Å²) in [7, 11) is 0. The Morgan fingerprint density at radius 3 is 0.678 bits per heavy atom. The minimum absolute atomic E-state index is 0.0616. The second kappa shape index (κ2) is 49.1. The summed E-state index contributed by atoms with van der Waals surface area (Å²) in [6.07, 6.45) is 52.2. The molecule has 0 aromatic rings. The third-order valence-electron chi connectivity index (χ3n) is 12.1. The van der Waals surface area contributed by atoms with Gasteiger partial charge in [0.05, 0.1) is 0 Å². The lowest BCUT2D eigenvalue weighted by Gasteiger charge is -2.18. The molecule has 0 N–H and O–H groups in total. The zero-order chi connectivity index (χ0) is 43.0. The maximum Gasteiger partial charge on any atom is 0.306 e. The van der Waals surface area contributed by atoms with Gasteiger partial charge in [-0.05, 0) is 19.3 Å². The van der Waals surface area contributed by atoms with Gasteiger partial charge in [-0.2, -0.15) is 0 Å². The van der Waals surface area contributed by atoms with Crippen LogP contribution in [0.1, 0.15) is 303 Å². The normalized spacial score (nSPS) is 11.8. The summed E-state index contributed by atoms with van der Waals surface area (Å²) in [6.45, 7) is 6.68. The third-order valence-corrected chi connectivity index (χ3v) is 12.1. The maximum atomic E-state index is 12.8. The molecule has 0 aliphatic heterocycles. The zero-order valence-electron chi connectivity index (χ0n) is 40.1. The Balaban J connectivity index is 4.28. The molecular weight excluding hydrogens is 733 g/mol. The van der Waals surface area contributed by atoms with Gasteiger partial charge in [0.25, 0.3) is 0 Å². The summed E-state index contributed by atoms with van der Waals surface area (Å²) < 4.78 is 16.8. The first kappa shape index (κ1) is 57.4. The van der Waals surface area contributed by atoms with Crippen LogP contribution in [0, 0.1) is 0 Å². The van der Waals surface area contributed by atoms with Gasteiger partial charge < -0.3 is 14.2 Å². The van der Waals surface area contributed by atoms with Crippen LogP contribution in [-0.2, 0) is 28.6 Å². The molecule has 59 heavy (non-hydrogen) atoms. The van der Waals surface area contributed by atoms with E-state index in [0.29, 0.717) is 19.3 Å². The molecule has 350 valence electrons. The summed E-state index contributed by atoms with van der Waals surface area (Å²) in [5.41, 5.74) is 0. The van der Waals surface area contributed by atoms with E-state index in [0.717, 1.165) is 57.8 Å². The lowest BCUT2D eigenvalue weighted by molar-refractivity contribution is -0.167. The number of ether oxygens (including phenoxy) is 3. The molecule has 0 spiro atoms. The first-order chi connectivity index (χ1) is 29.0. The average molecular weight is 835 g/mol. The van der Waals surface area contributed by atoms with E-state index in [1.165, 1.54) is 205 Å². The molecular formula is C53H102O6. The number of esters is 3. The van der Waals surface area contributed by atoms with Gasteiger partial charge in [0.15, 0.2) is 6.10 Å². The van der Waals surface area contributed by atoms with Gasteiger partial charge in [0.1, 0.15) is 13.2 Å². The van der Waals surface area contributed by atoms with Gasteiger partial charge in [0.2, 0.25) is 0 Å². The number of carbonyl (C=O) groups excluding carboxylic acids is 3. The highest BCUT2D eigenvalue weighted by Gasteiger charge is 2.19. The van der Waals surface area contributed by atoms with Crippen molar-refractivity contribution < 1.29 is 28.6 Å². The Hall–Kier alpha value is -1.59. The van der Waals surface area contributed by atoms with Crippen LogP contribution >= 0.6 is 0 Å². The predicted molar refractivity (Wildman–Crippen MR) is 252 cm³/mol. The van der Waals surface area contributed by atoms with Gasteiger partial charge in [-0.15, -0.1) is 0 Å². The van der Waals surface area contributed by atoms with E-state index in [9.17, 15) is 14.4 Å². The highest BCUT2D eigenvalue weighted by Crippen LogP contribution is 2.17. The lowest BCUT2D eigenvalue weighted by Crippen LogP contribution is -2.30. The fraction of sp³-hybridized carbons (Fsp3) is 0.943. The number of hydrogen-bond acceptors (Lipinski definition) is 6. The second-order valence-electron chi connectivity index (χ2n) is 18.2. The van der Waals surface area contributed by atoms with Gasteiger partial charge >= 0.3 is 17.9 Å². The maximum absolute atomic E-state index is 12.8. The van der Waals surface area contributed by atoms with Crippen molar-refractivity contribution in [3.63, 3.8) is 0 Å². The Morgan fingerprint density at radius 2 is 0.458 bits per heavy atom. The largest absolute Gasteiger partial charge is 0.462 e. The topological polar surface area (TPSA) is 78.9 Å². The van der Waals surface area contributed by atoms with Crippen molar-refractivity contribution in [1.82, 2.24) is 0 Å². The van der Waals surface area contributed by atoms with Gasteiger partial charge in [-0.3, -0.25) is 14.4 Å². The van der Waals surface area contributed by atoms with Crippen molar-refractivity contribution in [3.05, 3.63) is 0 Å². The summed E-state index contributed by atoms with van der Waals surface area (Å²) in [5.74, 6) is -0.840. The zero-order valence-corrected chi connectivity index (χ0v) is 40.1. The predicted octanol–water partition coefficient (Wildman–Crippen LogP) is 17.2. The fourth-order valence-electron chi connectivity index (χ4n) is 8.09. The summed E-state index contributed by atoms with van der Waals surface area (Å²) in [4.78, 5) is 37.9. The highest BCUT2D eigenvalue weighted by atomic mass is 16.6. The molecule has 0 saturated carbocycles. The molecule has 0 amide bonds. The molecule has 0 bridgehead atoms. The smallest absolute Gasteiger partial charge is 0.306 e. The van der Waals surface area contributed by atoms with Crippen LogP contribution in [0.2, 0.25) is 0 Å². The highest BCUT2D eigenvalue weighted by molar-refractivity contribution is 5.71. The molecule has 0 rings (SSSR count). The summed E-state index contributed by atoms with van der Waals surface area (Å²) >= 11 is 0. The van der Waals surface area contributed by atoms with Crippen LogP contribution in [0.4, 0.5) is 0 Å². The molecule has 0 aromatic heterocycles. The molecule has 1 atom stereocenters. The van der Waals surface area contributed by atoms with E-state index in [2.05, 4.69) is 20.8 Å². The SMILES string of the molecule is CCCCCCCCCCCCCCCCCCC(=O)OC[C@H](COC(=O)CCCCCCCCCCCCC)OC(=O)CCCCCCCCCCCCCCCC. The minimum atomic E-state index is -0.759. The molecule has 0 aliphatic rings. The number of carbonyl (C=O) groups is 3. The molecule has 0 aromatic carbocycles. The third kappa shape index (κ3) is 47.3. The van der Waals surface area contributed by atoms with E-state index in [1.807, 2.05) is 0 Å². The van der Waals surface area contributed by atoms with E-state index in [-0.39, 0.29) is 31.1 Å². The molecule has 6 nitrogen and oxygen atoms in total. The molecule has 0 aliphatic carbocycles. The average Bonchev–Trinajstić information content (AvgIpc) is 3.23. The summed E-state index contributed by atoms with van der Waals surface area (Å²) in [6, 6.07) is 0. The van der Waals surface area contributed by atoms with Gasteiger partial charge in [-0.25, -0.2) is 0 Å². The van der Waals surface area contributed by atoms with Crippen LogP contribution in [0.25, 0.3) is 0 Å². The van der Waals surface area contributed by atoms with Crippen LogP contribution in [-0.4, -0.2) is 37.2 Å². The molecule has 0 fully saturated rings. The molecule has 0 saturated heterocycles. The standard InChI is InChI=1S/C53H102O6/c1-4-7-10-13-16-19-22-24-26-27-29-31-34-37-40-43-46-52(55)58-49-50(48-57-51(54)45-42-39-36-33-30-21-18-15-12-9-6-3)59-53(56)47-44-41-38-35-32-28-25-23-20-17-14-11-8-5-2/h50H,4-49H2,1-3H3/t50-/m0/s1. The van der Waals surface area contributed by atoms with Crippen molar-refractivity contribution in [2.45, 2.75) is 309 Å². The van der Waals surface area contributed by atoms with Crippen LogP contribution in [0.5, 0.6) is 0 Å². The van der Waals surface area contributed by atoms with E-state index in [1.54, 1.807) is 0 Å². The molecule has 0 heterocycles. The van der Waals surface area contributed by atoms with Crippen molar-refractivity contribution >= 4 is 17.9 Å². The quantitative estimate of drug-likeness (QED) is 0.0345. The molecule has 0 radical (unpaired) electrons. The molecule has 6 heteroatoms. The van der Waals surface area contributed by atoms with Crippen molar-refractivity contribution in [2.75, 3.05) is 13.2 Å². The number of rotatable bonds is 49. The Bertz CT molecular complexity index is 874. The minimum Gasteiger partial charge on any atom is -0.462 e. The Morgan fingerprint density at radius 1 is 0.271 bits per heavy atom. The van der Waals surface area contributed by atoms with Crippen molar-refractivity contribution in [1.29, 1.82) is 0 Å². The number of hydrogen-bond donors (Lipinski definition) is 0. The van der Waals surface area contributed by atoms with Crippen LogP contribution in [0.15, 0.2) is 0 Å². The monoisotopic (exact) mass is 835 g/mol. The van der Waals surface area contributed by atoms with Crippen molar-refractivity contribution in [2.24, 2.45) is 0 Å². The Kier molecular flexibility index (Phi) is 47.7.